The van der Waals surface area contributed by atoms with Crippen molar-refractivity contribution >= 4 is 28.2 Å². The minimum Gasteiger partial charge on any atom is -0.466 e. The summed E-state index contributed by atoms with van der Waals surface area (Å²) in [5.74, 6) is -2.86. The zero-order valence-electron chi connectivity index (χ0n) is 8.65. The minimum atomic E-state index is -4.96. The van der Waals surface area contributed by atoms with Gasteiger partial charge in [-0.25, -0.2) is 9.59 Å². The second-order valence-corrected chi connectivity index (χ2v) is 4.30. The summed E-state index contributed by atoms with van der Waals surface area (Å²) in [5.41, 5.74) is 0. The maximum Gasteiger partial charge on any atom is 0.513 e. The summed E-state index contributed by atoms with van der Waals surface area (Å²) in [6.07, 6.45) is -3.08. The van der Waals surface area contributed by atoms with Gasteiger partial charge in [-0.3, -0.25) is 9.35 Å². The van der Waals surface area contributed by atoms with E-state index in [0.29, 0.717) is 0 Å². The van der Waals surface area contributed by atoms with Gasteiger partial charge in [-0.05, 0) is 6.92 Å². The SMILES string of the molecule is CCOC(=O)CC(C(=O)OC(=O)O)S(=O)(=O)O. The highest BCUT2D eigenvalue weighted by molar-refractivity contribution is 7.87. The fraction of sp³-hybridized carbons (Fsp3) is 0.571. The van der Waals surface area contributed by atoms with E-state index in [-0.39, 0.29) is 6.61 Å². The van der Waals surface area contributed by atoms with E-state index in [1.807, 2.05) is 0 Å². The van der Waals surface area contributed by atoms with E-state index in [1.165, 1.54) is 6.92 Å². The van der Waals surface area contributed by atoms with E-state index in [4.69, 9.17) is 9.66 Å². The average molecular weight is 270 g/mol. The van der Waals surface area contributed by atoms with E-state index in [1.54, 1.807) is 0 Å². The topological polar surface area (TPSA) is 144 Å². The summed E-state index contributed by atoms with van der Waals surface area (Å²) in [4.78, 5) is 31.9. The first-order valence-electron chi connectivity index (χ1n) is 4.25. The van der Waals surface area contributed by atoms with Crippen LogP contribution in [0.25, 0.3) is 0 Å². The molecule has 9 nitrogen and oxygen atoms in total. The van der Waals surface area contributed by atoms with Crippen molar-refractivity contribution in [3.8, 4) is 0 Å². The molecule has 0 rings (SSSR count). The summed E-state index contributed by atoms with van der Waals surface area (Å²) < 4.78 is 38.0. The fourth-order valence-electron chi connectivity index (χ4n) is 0.833. The summed E-state index contributed by atoms with van der Waals surface area (Å²) >= 11 is 0. The zero-order valence-corrected chi connectivity index (χ0v) is 9.47. The molecule has 0 radical (unpaired) electrons. The number of carboxylic acid groups (broad SMARTS) is 1. The number of hydrogen-bond acceptors (Lipinski definition) is 7. The minimum absolute atomic E-state index is 0.0645. The van der Waals surface area contributed by atoms with Crippen LogP contribution >= 0.6 is 0 Å². The average Bonchev–Trinajstić information content (AvgIpc) is 2.11. The zero-order chi connectivity index (χ0) is 13.6. The first-order chi connectivity index (χ1) is 7.68. The Morgan fingerprint density at radius 1 is 1.29 bits per heavy atom. The Balaban J connectivity index is 4.85. The Morgan fingerprint density at radius 2 is 1.82 bits per heavy atom. The van der Waals surface area contributed by atoms with Gasteiger partial charge in [0.2, 0.25) is 0 Å². The Morgan fingerprint density at radius 3 is 2.18 bits per heavy atom. The number of rotatable bonds is 5. The van der Waals surface area contributed by atoms with Gasteiger partial charge < -0.3 is 14.6 Å². The first-order valence-corrected chi connectivity index (χ1v) is 5.75. The molecule has 17 heavy (non-hydrogen) atoms. The molecule has 0 saturated carbocycles. The standard InChI is InChI=1S/C7H10O9S/c1-2-15-5(8)3-4(17(12,13)14)6(9)16-7(10)11/h4H,2-3H2,1H3,(H,10,11)(H,12,13,14). The molecule has 1 unspecified atom stereocenters. The largest absolute Gasteiger partial charge is 0.513 e. The van der Waals surface area contributed by atoms with Crippen molar-refractivity contribution in [2.45, 2.75) is 18.6 Å². The molecular formula is C7H10O9S. The van der Waals surface area contributed by atoms with Crippen LogP contribution < -0.4 is 0 Å². The highest BCUT2D eigenvalue weighted by Crippen LogP contribution is 2.08. The molecule has 2 N–H and O–H groups in total. The Kier molecular flexibility index (Phi) is 5.55. The Hall–Kier alpha value is -1.68. The van der Waals surface area contributed by atoms with Gasteiger partial charge in [0.15, 0.2) is 5.25 Å². The third kappa shape index (κ3) is 5.82. The van der Waals surface area contributed by atoms with Crippen LogP contribution in [-0.2, 0) is 29.2 Å². The van der Waals surface area contributed by atoms with Crippen molar-refractivity contribution in [1.82, 2.24) is 0 Å². The summed E-state index contributed by atoms with van der Waals surface area (Å²) in [7, 11) is -4.96. The quantitative estimate of drug-likeness (QED) is 0.380. The normalized spacial score (nSPS) is 12.6. The fourth-order valence-corrected chi connectivity index (χ4v) is 1.47. The molecule has 0 aliphatic rings. The third-order valence-electron chi connectivity index (χ3n) is 1.47. The highest BCUT2D eigenvalue weighted by atomic mass is 32.2. The highest BCUT2D eigenvalue weighted by Gasteiger charge is 2.36. The Bertz CT molecular complexity index is 409. The second kappa shape index (κ2) is 6.15. The molecule has 0 spiro atoms. The number of carbonyl (C=O) groups excluding carboxylic acids is 2. The van der Waals surface area contributed by atoms with Gasteiger partial charge in [0.05, 0.1) is 13.0 Å². The molecule has 0 aliphatic carbocycles. The van der Waals surface area contributed by atoms with Crippen LogP contribution in [0.5, 0.6) is 0 Å². The monoisotopic (exact) mass is 270 g/mol. The molecular weight excluding hydrogens is 260 g/mol. The van der Waals surface area contributed by atoms with Crippen LogP contribution in [0.4, 0.5) is 4.79 Å². The Labute approximate surface area is 96.1 Å². The maximum absolute atomic E-state index is 11.0. The predicted octanol–water partition coefficient (Wildman–Crippen LogP) is -0.583. The van der Waals surface area contributed by atoms with Crippen molar-refractivity contribution in [2.24, 2.45) is 0 Å². The van der Waals surface area contributed by atoms with Crippen molar-refractivity contribution in [3.63, 3.8) is 0 Å². The van der Waals surface area contributed by atoms with Crippen molar-refractivity contribution in [2.75, 3.05) is 6.61 Å². The van der Waals surface area contributed by atoms with E-state index in [9.17, 15) is 22.8 Å². The van der Waals surface area contributed by atoms with Gasteiger partial charge in [-0.15, -0.1) is 0 Å². The van der Waals surface area contributed by atoms with Gasteiger partial charge in [0, 0.05) is 0 Å². The molecule has 10 heteroatoms. The second-order valence-electron chi connectivity index (χ2n) is 2.70. The summed E-state index contributed by atoms with van der Waals surface area (Å²) in [6, 6.07) is 0. The van der Waals surface area contributed by atoms with Crippen LogP contribution in [0.2, 0.25) is 0 Å². The third-order valence-corrected chi connectivity index (χ3v) is 2.55. The lowest BCUT2D eigenvalue weighted by Crippen LogP contribution is -2.35. The number of esters is 2. The molecule has 1 atom stereocenters. The van der Waals surface area contributed by atoms with E-state index < -0.39 is 39.9 Å². The first kappa shape index (κ1) is 15.3. The molecule has 0 aromatic rings. The van der Waals surface area contributed by atoms with Crippen LogP contribution in [0.1, 0.15) is 13.3 Å². The maximum atomic E-state index is 11.0. The van der Waals surface area contributed by atoms with Gasteiger partial charge in [0.25, 0.3) is 10.1 Å². The molecule has 0 saturated heterocycles. The van der Waals surface area contributed by atoms with Crippen LogP contribution in [0.3, 0.4) is 0 Å². The van der Waals surface area contributed by atoms with Crippen molar-refractivity contribution in [3.05, 3.63) is 0 Å². The van der Waals surface area contributed by atoms with E-state index in [2.05, 4.69) is 9.47 Å². The number of ether oxygens (including phenoxy) is 2. The molecule has 0 bridgehead atoms. The molecule has 0 amide bonds. The van der Waals surface area contributed by atoms with Gasteiger partial charge >= 0.3 is 18.1 Å². The predicted molar refractivity (Wildman–Crippen MR) is 50.7 cm³/mol. The molecule has 0 aromatic carbocycles. The molecule has 0 aromatic heterocycles. The van der Waals surface area contributed by atoms with Crippen LogP contribution in [0, 0.1) is 0 Å². The van der Waals surface area contributed by atoms with E-state index in [0.717, 1.165) is 0 Å². The van der Waals surface area contributed by atoms with Crippen LogP contribution in [-0.4, -0.2) is 48.0 Å². The number of carbonyl (C=O) groups is 3. The smallest absolute Gasteiger partial charge is 0.466 e. The van der Waals surface area contributed by atoms with Gasteiger partial charge in [0.1, 0.15) is 0 Å². The van der Waals surface area contributed by atoms with Gasteiger partial charge in [-0.2, -0.15) is 8.42 Å². The number of hydrogen-bond donors (Lipinski definition) is 2. The molecule has 98 valence electrons. The lowest BCUT2D eigenvalue weighted by atomic mass is 10.3. The van der Waals surface area contributed by atoms with Gasteiger partial charge in [-0.1, -0.05) is 0 Å². The lowest BCUT2D eigenvalue weighted by molar-refractivity contribution is -0.147. The molecule has 0 fully saturated rings. The summed E-state index contributed by atoms with van der Waals surface area (Å²) in [5, 5.41) is 5.78. The molecule has 0 heterocycles. The van der Waals surface area contributed by atoms with E-state index >= 15 is 0 Å². The van der Waals surface area contributed by atoms with Crippen LogP contribution in [0.15, 0.2) is 0 Å². The van der Waals surface area contributed by atoms with Crippen molar-refractivity contribution < 1.29 is 41.9 Å². The molecule has 0 aliphatic heterocycles. The lowest BCUT2D eigenvalue weighted by Gasteiger charge is -2.10. The van der Waals surface area contributed by atoms with Crippen molar-refractivity contribution in [1.29, 1.82) is 0 Å². The summed E-state index contributed by atoms with van der Waals surface area (Å²) in [6.45, 7) is 1.38.